The molecule has 0 heterocycles. The van der Waals surface area contributed by atoms with Crippen LogP contribution in [0.5, 0.6) is 0 Å². The maximum absolute atomic E-state index is 11.9. The van der Waals surface area contributed by atoms with Crippen LogP contribution in [-0.4, -0.2) is 26.4 Å². The van der Waals surface area contributed by atoms with Crippen LogP contribution < -0.4 is 16.2 Å². The standard InChI is InChI=1S/C14H23N3O3S.ClH/c1-3-9-14(2,15)13(18)17-10-8-11-4-6-12(7-5-11)21(16,19)20;/h4-7H,3,8-10,15H2,1-2H3,(H,17,18)(H2,16,19,20);1H. The van der Waals surface area contributed by atoms with Crippen LogP contribution in [0.25, 0.3) is 0 Å². The quantitative estimate of drug-likeness (QED) is 0.679. The summed E-state index contributed by atoms with van der Waals surface area (Å²) in [6, 6.07) is 6.27. The fourth-order valence-corrected chi connectivity index (χ4v) is 2.52. The second-order valence-corrected chi connectivity index (χ2v) is 6.92. The zero-order valence-corrected chi connectivity index (χ0v) is 14.5. The molecule has 0 aromatic heterocycles. The minimum atomic E-state index is -3.67. The van der Waals surface area contributed by atoms with Gasteiger partial charge in [0, 0.05) is 6.54 Å². The van der Waals surface area contributed by atoms with E-state index in [0.717, 1.165) is 12.0 Å². The molecule has 0 fully saturated rings. The molecule has 1 rings (SSSR count). The van der Waals surface area contributed by atoms with Crippen LogP contribution in [0, 0.1) is 0 Å². The van der Waals surface area contributed by atoms with Crippen molar-refractivity contribution in [3.63, 3.8) is 0 Å². The fourth-order valence-electron chi connectivity index (χ4n) is 2.00. The highest BCUT2D eigenvalue weighted by Gasteiger charge is 2.26. The van der Waals surface area contributed by atoms with E-state index in [9.17, 15) is 13.2 Å². The van der Waals surface area contributed by atoms with Crippen molar-refractivity contribution in [3.05, 3.63) is 29.8 Å². The molecule has 6 nitrogen and oxygen atoms in total. The number of rotatable bonds is 7. The van der Waals surface area contributed by atoms with E-state index in [1.807, 2.05) is 6.92 Å². The molecule has 0 radical (unpaired) electrons. The third-order valence-corrected chi connectivity index (χ3v) is 4.17. The molecule has 0 saturated heterocycles. The summed E-state index contributed by atoms with van der Waals surface area (Å²) in [5, 5.41) is 7.82. The molecule has 1 unspecified atom stereocenters. The number of amides is 1. The summed E-state index contributed by atoms with van der Waals surface area (Å²) in [5.74, 6) is -0.175. The highest BCUT2D eigenvalue weighted by Crippen LogP contribution is 2.10. The lowest BCUT2D eigenvalue weighted by molar-refractivity contribution is -0.126. The van der Waals surface area contributed by atoms with Crippen LogP contribution in [0.15, 0.2) is 29.2 Å². The Bertz CT molecular complexity index is 586. The summed E-state index contributed by atoms with van der Waals surface area (Å²) in [6.07, 6.45) is 2.07. The molecule has 22 heavy (non-hydrogen) atoms. The average molecular weight is 350 g/mol. The molecule has 1 atom stereocenters. The van der Waals surface area contributed by atoms with Gasteiger partial charge in [0.2, 0.25) is 15.9 Å². The lowest BCUT2D eigenvalue weighted by atomic mass is 9.96. The van der Waals surface area contributed by atoms with E-state index in [1.54, 1.807) is 19.1 Å². The molecule has 0 bridgehead atoms. The van der Waals surface area contributed by atoms with Crippen molar-refractivity contribution >= 4 is 28.3 Å². The fraction of sp³-hybridized carbons (Fsp3) is 0.500. The monoisotopic (exact) mass is 349 g/mol. The van der Waals surface area contributed by atoms with Gasteiger partial charge in [0.15, 0.2) is 0 Å². The zero-order chi connectivity index (χ0) is 16.1. The third kappa shape index (κ3) is 6.31. The minimum Gasteiger partial charge on any atom is -0.354 e. The molecule has 1 aromatic carbocycles. The van der Waals surface area contributed by atoms with Crippen LogP contribution in [0.1, 0.15) is 32.3 Å². The number of hydrogen-bond donors (Lipinski definition) is 3. The number of primary sulfonamides is 1. The van der Waals surface area contributed by atoms with Crippen molar-refractivity contribution in [2.24, 2.45) is 10.9 Å². The highest BCUT2D eigenvalue weighted by molar-refractivity contribution is 7.89. The first-order valence-corrected chi connectivity index (χ1v) is 8.40. The van der Waals surface area contributed by atoms with Gasteiger partial charge in [0.25, 0.3) is 0 Å². The van der Waals surface area contributed by atoms with E-state index in [1.165, 1.54) is 12.1 Å². The molecule has 0 aliphatic carbocycles. The van der Waals surface area contributed by atoms with E-state index in [4.69, 9.17) is 10.9 Å². The summed E-state index contributed by atoms with van der Waals surface area (Å²) in [4.78, 5) is 12.0. The van der Waals surface area contributed by atoms with Crippen LogP contribution >= 0.6 is 12.4 Å². The topological polar surface area (TPSA) is 115 Å². The molecule has 1 aromatic rings. The summed E-state index contributed by atoms with van der Waals surface area (Å²) in [6.45, 7) is 4.14. The largest absolute Gasteiger partial charge is 0.354 e. The van der Waals surface area contributed by atoms with Crippen molar-refractivity contribution in [2.45, 2.75) is 43.5 Å². The maximum Gasteiger partial charge on any atom is 0.239 e. The zero-order valence-electron chi connectivity index (χ0n) is 12.8. The Morgan fingerprint density at radius 2 is 1.82 bits per heavy atom. The molecular formula is C14H24ClN3O3S. The van der Waals surface area contributed by atoms with Gasteiger partial charge in [-0.15, -0.1) is 12.4 Å². The summed E-state index contributed by atoms with van der Waals surface area (Å²) >= 11 is 0. The number of nitrogens with two attached hydrogens (primary N) is 2. The Hall–Kier alpha value is -1.15. The van der Waals surface area contributed by atoms with E-state index in [2.05, 4.69) is 5.32 Å². The summed E-state index contributed by atoms with van der Waals surface area (Å²) in [5.41, 5.74) is 5.98. The Kier molecular flexibility index (Phi) is 8.03. The number of carbonyl (C=O) groups excluding carboxylic acids is 1. The summed E-state index contributed by atoms with van der Waals surface area (Å²) < 4.78 is 22.3. The first-order chi connectivity index (χ1) is 9.66. The van der Waals surface area contributed by atoms with E-state index < -0.39 is 15.6 Å². The van der Waals surface area contributed by atoms with Gasteiger partial charge in [0.1, 0.15) is 0 Å². The SMILES string of the molecule is CCCC(C)(N)C(=O)NCCc1ccc(S(N)(=O)=O)cc1.Cl. The van der Waals surface area contributed by atoms with Crippen LogP contribution in [0.4, 0.5) is 0 Å². The van der Waals surface area contributed by atoms with Crippen molar-refractivity contribution < 1.29 is 13.2 Å². The van der Waals surface area contributed by atoms with Crippen molar-refractivity contribution in [1.29, 1.82) is 0 Å². The number of halogens is 1. The van der Waals surface area contributed by atoms with Gasteiger partial charge in [-0.1, -0.05) is 25.5 Å². The molecule has 0 aliphatic rings. The molecule has 0 aliphatic heterocycles. The van der Waals surface area contributed by atoms with Crippen molar-refractivity contribution in [1.82, 2.24) is 5.32 Å². The van der Waals surface area contributed by atoms with E-state index >= 15 is 0 Å². The van der Waals surface area contributed by atoms with Gasteiger partial charge >= 0.3 is 0 Å². The van der Waals surface area contributed by atoms with Crippen LogP contribution in [-0.2, 0) is 21.2 Å². The van der Waals surface area contributed by atoms with E-state index in [-0.39, 0.29) is 23.2 Å². The Morgan fingerprint density at radius 3 is 2.27 bits per heavy atom. The van der Waals surface area contributed by atoms with Crippen molar-refractivity contribution in [2.75, 3.05) is 6.54 Å². The van der Waals surface area contributed by atoms with Gasteiger partial charge in [-0.3, -0.25) is 4.79 Å². The Labute approximate surface area is 138 Å². The molecule has 0 saturated carbocycles. The molecule has 0 spiro atoms. The van der Waals surface area contributed by atoms with Crippen molar-refractivity contribution in [3.8, 4) is 0 Å². The number of nitrogens with one attached hydrogen (secondary N) is 1. The number of hydrogen-bond acceptors (Lipinski definition) is 4. The average Bonchev–Trinajstić information content (AvgIpc) is 2.38. The lowest BCUT2D eigenvalue weighted by Crippen LogP contribution is -2.51. The van der Waals surface area contributed by atoms with Gasteiger partial charge in [-0.2, -0.15) is 0 Å². The van der Waals surface area contributed by atoms with Gasteiger partial charge in [-0.05, 0) is 37.5 Å². The number of sulfonamides is 1. The molecule has 5 N–H and O–H groups in total. The second-order valence-electron chi connectivity index (χ2n) is 5.36. The third-order valence-electron chi connectivity index (χ3n) is 3.24. The molecule has 8 heteroatoms. The van der Waals surface area contributed by atoms with E-state index in [0.29, 0.717) is 19.4 Å². The number of benzene rings is 1. The van der Waals surface area contributed by atoms with Crippen LogP contribution in [0.3, 0.4) is 0 Å². The predicted molar refractivity (Wildman–Crippen MR) is 89.3 cm³/mol. The first-order valence-electron chi connectivity index (χ1n) is 6.86. The predicted octanol–water partition coefficient (Wildman–Crippen LogP) is 0.932. The van der Waals surface area contributed by atoms with Crippen LogP contribution in [0.2, 0.25) is 0 Å². The number of carbonyl (C=O) groups is 1. The smallest absolute Gasteiger partial charge is 0.239 e. The Balaban J connectivity index is 0.00000441. The maximum atomic E-state index is 11.9. The van der Waals surface area contributed by atoms with Gasteiger partial charge in [0.05, 0.1) is 10.4 Å². The molecular weight excluding hydrogens is 326 g/mol. The highest BCUT2D eigenvalue weighted by atomic mass is 35.5. The second kappa shape index (κ2) is 8.47. The molecule has 126 valence electrons. The molecule has 1 amide bonds. The van der Waals surface area contributed by atoms with Gasteiger partial charge in [-0.25, -0.2) is 13.6 Å². The minimum absolute atomic E-state index is 0. The first kappa shape index (κ1) is 20.9. The summed E-state index contributed by atoms with van der Waals surface area (Å²) in [7, 11) is -3.67. The Morgan fingerprint density at radius 1 is 1.27 bits per heavy atom. The normalized spacial score (nSPS) is 13.8. The van der Waals surface area contributed by atoms with Gasteiger partial charge < -0.3 is 11.1 Å². The lowest BCUT2D eigenvalue weighted by Gasteiger charge is -2.22.